The summed E-state index contributed by atoms with van der Waals surface area (Å²) in [6.45, 7) is 5.39. The van der Waals surface area contributed by atoms with Gasteiger partial charge in [0.05, 0.1) is 10.6 Å². The van der Waals surface area contributed by atoms with Gasteiger partial charge in [0.15, 0.2) is 0 Å². The third kappa shape index (κ3) is 5.36. The molecule has 5 rings (SSSR count). The van der Waals surface area contributed by atoms with Gasteiger partial charge in [0.25, 0.3) is 5.91 Å². The van der Waals surface area contributed by atoms with Crippen molar-refractivity contribution >= 4 is 33.3 Å². The summed E-state index contributed by atoms with van der Waals surface area (Å²) in [7, 11) is 2.22. The lowest BCUT2D eigenvalue weighted by atomic mass is 9.94. The monoisotopic (exact) mass is 463 g/mol. The highest BCUT2D eigenvalue weighted by molar-refractivity contribution is 7.22. The normalized spacial score (nSPS) is 19.0. The number of carbonyl (C=O) groups excluding carboxylic acids is 1. The molecule has 1 aromatic carbocycles. The fourth-order valence-corrected chi connectivity index (χ4v) is 5.89. The molecule has 1 aliphatic heterocycles. The minimum atomic E-state index is 0.0263. The number of rotatable bonds is 8. The minimum absolute atomic E-state index is 0.0263. The predicted octanol–water partition coefficient (Wildman–Crippen LogP) is 5.09. The molecule has 7 heteroatoms. The summed E-state index contributed by atoms with van der Waals surface area (Å²) in [6.07, 6.45) is 9.12. The van der Waals surface area contributed by atoms with Gasteiger partial charge >= 0.3 is 0 Å². The molecule has 33 heavy (non-hydrogen) atoms. The van der Waals surface area contributed by atoms with E-state index in [1.54, 1.807) is 11.3 Å². The Morgan fingerprint density at radius 1 is 1.27 bits per heavy atom. The van der Waals surface area contributed by atoms with Crippen molar-refractivity contribution in [3.8, 4) is 10.6 Å². The van der Waals surface area contributed by atoms with Gasteiger partial charge in [-0.25, -0.2) is 9.97 Å². The number of aromatic nitrogens is 2. The maximum atomic E-state index is 12.7. The Morgan fingerprint density at radius 3 is 2.97 bits per heavy atom. The van der Waals surface area contributed by atoms with Crippen LogP contribution in [-0.4, -0.2) is 53.5 Å². The summed E-state index contributed by atoms with van der Waals surface area (Å²) in [5.74, 6) is 1.52. The highest BCUT2D eigenvalue weighted by atomic mass is 32.1. The van der Waals surface area contributed by atoms with E-state index in [0.29, 0.717) is 12.0 Å². The van der Waals surface area contributed by atoms with Gasteiger partial charge < -0.3 is 15.5 Å². The molecule has 2 N–H and O–H groups in total. The summed E-state index contributed by atoms with van der Waals surface area (Å²) >= 11 is 1.68. The molecular weight excluding hydrogens is 430 g/mol. The zero-order valence-electron chi connectivity index (χ0n) is 19.6. The zero-order valence-corrected chi connectivity index (χ0v) is 20.4. The highest BCUT2D eigenvalue weighted by Crippen LogP contribution is 2.36. The number of anilines is 1. The Kier molecular flexibility index (Phi) is 6.60. The molecule has 0 bridgehead atoms. The summed E-state index contributed by atoms with van der Waals surface area (Å²) in [5, 5.41) is 7.54. The number of thiophene rings is 1. The molecule has 2 aromatic heterocycles. The summed E-state index contributed by atoms with van der Waals surface area (Å²) in [5.41, 5.74) is 2.73. The van der Waals surface area contributed by atoms with Gasteiger partial charge in [0, 0.05) is 41.0 Å². The molecule has 2 fully saturated rings. The fourth-order valence-electron chi connectivity index (χ4n) is 4.74. The molecule has 2 aliphatic rings. The van der Waals surface area contributed by atoms with Crippen molar-refractivity contribution in [2.24, 2.45) is 5.92 Å². The molecule has 174 valence electrons. The van der Waals surface area contributed by atoms with Crippen LogP contribution in [0.1, 0.15) is 54.4 Å². The first-order valence-corrected chi connectivity index (χ1v) is 13.0. The van der Waals surface area contributed by atoms with Crippen LogP contribution < -0.4 is 10.6 Å². The highest BCUT2D eigenvalue weighted by Gasteiger charge is 2.25. The lowest BCUT2D eigenvalue weighted by molar-refractivity contribution is 0.0953. The second kappa shape index (κ2) is 9.77. The number of amides is 1. The number of nitrogens with zero attached hydrogens (tertiary/aromatic N) is 3. The van der Waals surface area contributed by atoms with Crippen LogP contribution in [0, 0.1) is 12.8 Å². The van der Waals surface area contributed by atoms with E-state index in [-0.39, 0.29) is 5.91 Å². The van der Waals surface area contributed by atoms with E-state index in [2.05, 4.69) is 39.7 Å². The van der Waals surface area contributed by atoms with E-state index >= 15 is 0 Å². The quantitative estimate of drug-likeness (QED) is 0.455. The van der Waals surface area contributed by atoms with Crippen LogP contribution in [0.5, 0.6) is 0 Å². The lowest BCUT2D eigenvalue weighted by Crippen LogP contribution is -2.32. The van der Waals surface area contributed by atoms with Crippen molar-refractivity contribution in [2.75, 3.05) is 32.0 Å². The number of likely N-dealkylation sites (tertiary alicyclic amines) is 1. The van der Waals surface area contributed by atoms with E-state index in [4.69, 9.17) is 4.98 Å². The molecule has 0 spiro atoms. The topological polar surface area (TPSA) is 70.2 Å². The third-order valence-corrected chi connectivity index (χ3v) is 7.83. The Balaban J connectivity index is 1.28. The van der Waals surface area contributed by atoms with Gasteiger partial charge in [-0.05, 0) is 88.7 Å². The van der Waals surface area contributed by atoms with Crippen LogP contribution in [0.15, 0.2) is 30.5 Å². The first kappa shape index (κ1) is 22.3. The molecule has 1 unspecified atom stereocenters. The molecule has 3 heterocycles. The van der Waals surface area contributed by atoms with Gasteiger partial charge in [-0.3, -0.25) is 4.79 Å². The Labute approximate surface area is 199 Å². The Morgan fingerprint density at radius 2 is 2.15 bits per heavy atom. The number of nitrogens with one attached hydrogen (secondary N) is 2. The molecule has 6 nitrogen and oxygen atoms in total. The standard InChI is InChI=1S/C26H33N5OS/c1-17-15-28-26(27-12-4-6-18-7-5-13-31(2)16-18)30-24(17)23-14-21-20(8-3-9-22(21)33-23)25(32)29-19-10-11-19/h3,8-9,14-15,18-19H,4-7,10-13,16H2,1-2H3,(H,29,32)(H,27,28,30). The van der Waals surface area contributed by atoms with Gasteiger partial charge in [0.1, 0.15) is 0 Å². The minimum Gasteiger partial charge on any atom is -0.354 e. The fraction of sp³-hybridized carbons (Fsp3) is 0.500. The van der Waals surface area contributed by atoms with Gasteiger partial charge in [-0.1, -0.05) is 6.07 Å². The Hall–Kier alpha value is -2.51. The number of aryl methyl sites for hydroxylation is 1. The maximum absolute atomic E-state index is 12.7. The van der Waals surface area contributed by atoms with E-state index in [1.807, 2.05) is 25.3 Å². The van der Waals surface area contributed by atoms with Gasteiger partial charge in [0.2, 0.25) is 5.95 Å². The molecule has 0 radical (unpaired) electrons. The molecule has 1 saturated heterocycles. The van der Waals surface area contributed by atoms with Crippen molar-refractivity contribution < 1.29 is 4.79 Å². The van der Waals surface area contributed by atoms with E-state index in [0.717, 1.165) is 63.5 Å². The van der Waals surface area contributed by atoms with Crippen LogP contribution in [0.3, 0.4) is 0 Å². The number of fused-ring (bicyclic) bond motifs is 1. The molecule has 1 atom stereocenters. The summed E-state index contributed by atoms with van der Waals surface area (Å²) < 4.78 is 1.11. The molecule has 3 aromatic rings. The number of hydrogen-bond acceptors (Lipinski definition) is 6. The molecular formula is C26H33N5OS. The van der Waals surface area contributed by atoms with E-state index in [9.17, 15) is 4.79 Å². The lowest BCUT2D eigenvalue weighted by Gasteiger charge is -2.29. The van der Waals surface area contributed by atoms with E-state index < -0.39 is 0 Å². The third-order valence-electron chi connectivity index (χ3n) is 6.72. The smallest absolute Gasteiger partial charge is 0.252 e. The number of carbonyl (C=O) groups is 1. The van der Waals surface area contributed by atoms with Crippen molar-refractivity contribution in [3.05, 3.63) is 41.6 Å². The largest absolute Gasteiger partial charge is 0.354 e. The summed E-state index contributed by atoms with van der Waals surface area (Å²) in [6, 6.07) is 8.42. The first-order valence-electron chi connectivity index (χ1n) is 12.2. The maximum Gasteiger partial charge on any atom is 0.252 e. The van der Waals surface area contributed by atoms with Crippen LogP contribution in [0.2, 0.25) is 0 Å². The molecule has 1 amide bonds. The van der Waals surface area contributed by atoms with Gasteiger partial charge in [-0.15, -0.1) is 11.3 Å². The molecule has 1 saturated carbocycles. The van der Waals surface area contributed by atoms with Crippen molar-refractivity contribution in [3.63, 3.8) is 0 Å². The van der Waals surface area contributed by atoms with Crippen molar-refractivity contribution in [2.45, 2.75) is 51.5 Å². The Bertz CT molecular complexity index is 1140. The predicted molar refractivity (Wildman–Crippen MR) is 136 cm³/mol. The number of benzene rings is 1. The van der Waals surface area contributed by atoms with Crippen molar-refractivity contribution in [1.82, 2.24) is 20.2 Å². The molecule has 1 aliphatic carbocycles. The second-order valence-corrected chi connectivity index (χ2v) is 10.7. The van der Waals surface area contributed by atoms with E-state index in [1.165, 1.54) is 32.4 Å². The van der Waals surface area contributed by atoms with Gasteiger partial charge in [-0.2, -0.15) is 0 Å². The first-order chi connectivity index (χ1) is 16.1. The van der Waals surface area contributed by atoms with Crippen LogP contribution in [-0.2, 0) is 0 Å². The number of piperidine rings is 1. The van der Waals surface area contributed by atoms with Crippen LogP contribution in [0.25, 0.3) is 20.7 Å². The van der Waals surface area contributed by atoms with Crippen molar-refractivity contribution in [1.29, 1.82) is 0 Å². The van der Waals surface area contributed by atoms with Crippen LogP contribution >= 0.6 is 11.3 Å². The zero-order chi connectivity index (χ0) is 22.8. The second-order valence-electron chi connectivity index (χ2n) is 9.64. The average Bonchev–Trinajstić information content (AvgIpc) is 3.51. The number of hydrogen-bond donors (Lipinski definition) is 2. The average molecular weight is 464 g/mol. The van der Waals surface area contributed by atoms with Crippen LogP contribution in [0.4, 0.5) is 5.95 Å². The summed E-state index contributed by atoms with van der Waals surface area (Å²) in [4.78, 5) is 25.6. The SMILES string of the molecule is Cc1cnc(NCCCC2CCCN(C)C2)nc1-c1cc2c(C(=O)NC3CC3)cccc2s1.